The Bertz CT molecular complexity index is 655. The van der Waals surface area contributed by atoms with Gasteiger partial charge in [-0.1, -0.05) is 11.6 Å². The number of hydrogen-bond donors (Lipinski definition) is 2. The van der Waals surface area contributed by atoms with Crippen molar-refractivity contribution in [3.8, 4) is 5.75 Å². The van der Waals surface area contributed by atoms with Crippen LogP contribution < -0.4 is 15.4 Å². The maximum absolute atomic E-state index is 10.2. The van der Waals surface area contributed by atoms with Crippen LogP contribution in [0, 0.1) is 0 Å². The van der Waals surface area contributed by atoms with Crippen molar-refractivity contribution in [2.45, 2.75) is 6.10 Å². The molecule has 1 aliphatic rings. The number of hydrogen-bond acceptors (Lipinski definition) is 5. The van der Waals surface area contributed by atoms with Crippen molar-refractivity contribution in [3.05, 3.63) is 53.6 Å². The summed E-state index contributed by atoms with van der Waals surface area (Å²) in [5, 5.41) is 11.0. The van der Waals surface area contributed by atoms with Crippen LogP contribution >= 0.6 is 11.6 Å². The third kappa shape index (κ3) is 5.26. The molecule has 1 aliphatic heterocycles. The molecule has 1 heterocycles. The molecule has 1 saturated heterocycles. The van der Waals surface area contributed by atoms with Crippen molar-refractivity contribution in [3.63, 3.8) is 0 Å². The van der Waals surface area contributed by atoms with Gasteiger partial charge in [0, 0.05) is 49.1 Å². The number of benzene rings is 2. The number of β-amino-alcohol motifs (C(OH)–C–C–N with tert-alkyl or cyclic N) is 1. The van der Waals surface area contributed by atoms with E-state index in [9.17, 15) is 5.11 Å². The van der Waals surface area contributed by atoms with E-state index in [2.05, 4.69) is 9.80 Å². The quantitative estimate of drug-likeness (QED) is 0.774. The van der Waals surface area contributed by atoms with Crippen molar-refractivity contribution in [2.75, 3.05) is 50.0 Å². The molecule has 3 rings (SSSR count). The molecule has 2 aromatic carbocycles. The SMILES string of the molecule is Nc1ccc(OC[C@H](O)CN2CCN(c3ccc(Cl)cc3)CC2)cc1. The van der Waals surface area contributed by atoms with Gasteiger partial charge in [0.1, 0.15) is 18.5 Å². The number of aliphatic hydroxyl groups is 1. The van der Waals surface area contributed by atoms with Gasteiger partial charge in [-0.25, -0.2) is 0 Å². The van der Waals surface area contributed by atoms with Crippen LogP contribution in [0.2, 0.25) is 5.02 Å². The molecule has 0 aliphatic carbocycles. The molecular formula is C19H24ClN3O2. The Hall–Kier alpha value is -1.95. The van der Waals surface area contributed by atoms with E-state index < -0.39 is 6.10 Å². The molecular weight excluding hydrogens is 338 g/mol. The van der Waals surface area contributed by atoms with Crippen LogP contribution in [0.25, 0.3) is 0 Å². The first kappa shape index (κ1) is 17.9. The van der Waals surface area contributed by atoms with Gasteiger partial charge in [0.15, 0.2) is 0 Å². The third-order valence-corrected chi connectivity index (χ3v) is 4.61. The van der Waals surface area contributed by atoms with Gasteiger partial charge in [0.05, 0.1) is 0 Å². The summed E-state index contributed by atoms with van der Waals surface area (Å²) in [5.41, 5.74) is 7.54. The predicted molar refractivity (Wildman–Crippen MR) is 102 cm³/mol. The van der Waals surface area contributed by atoms with Gasteiger partial charge < -0.3 is 20.5 Å². The Balaban J connectivity index is 1.40. The van der Waals surface area contributed by atoms with Crippen molar-refractivity contribution < 1.29 is 9.84 Å². The van der Waals surface area contributed by atoms with Crippen LogP contribution in [0.5, 0.6) is 5.75 Å². The van der Waals surface area contributed by atoms with Gasteiger partial charge in [0.25, 0.3) is 0 Å². The van der Waals surface area contributed by atoms with E-state index in [-0.39, 0.29) is 6.61 Å². The van der Waals surface area contributed by atoms with Crippen LogP contribution in [-0.4, -0.2) is 55.4 Å². The van der Waals surface area contributed by atoms with E-state index in [0.717, 1.165) is 37.0 Å². The first-order valence-electron chi connectivity index (χ1n) is 8.49. The average molecular weight is 362 g/mol. The summed E-state index contributed by atoms with van der Waals surface area (Å²) in [6.07, 6.45) is -0.514. The Morgan fingerprint density at radius 2 is 1.64 bits per heavy atom. The Kier molecular flexibility index (Phi) is 6.02. The lowest BCUT2D eigenvalue weighted by atomic mass is 10.2. The zero-order chi connectivity index (χ0) is 17.6. The summed E-state index contributed by atoms with van der Waals surface area (Å²) in [4.78, 5) is 4.60. The summed E-state index contributed by atoms with van der Waals surface area (Å²) < 4.78 is 5.61. The standard InChI is InChI=1S/C19H24ClN3O2/c20-15-1-5-17(6-2-15)23-11-9-22(10-12-23)13-18(24)14-25-19-7-3-16(21)4-8-19/h1-8,18,24H,9-14,21H2/t18-/m1/s1. The number of ether oxygens (including phenoxy) is 1. The van der Waals surface area contributed by atoms with Crippen LogP contribution in [-0.2, 0) is 0 Å². The summed E-state index contributed by atoms with van der Waals surface area (Å²) >= 11 is 5.94. The van der Waals surface area contributed by atoms with Crippen LogP contribution in [0.1, 0.15) is 0 Å². The molecule has 6 heteroatoms. The fourth-order valence-electron chi connectivity index (χ4n) is 2.95. The highest BCUT2D eigenvalue weighted by atomic mass is 35.5. The highest BCUT2D eigenvalue weighted by Crippen LogP contribution is 2.19. The fraction of sp³-hybridized carbons (Fsp3) is 0.368. The lowest BCUT2D eigenvalue weighted by molar-refractivity contribution is 0.0663. The Morgan fingerprint density at radius 1 is 1.00 bits per heavy atom. The van der Waals surface area contributed by atoms with E-state index in [1.165, 1.54) is 5.69 Å². The first-order chi connectivity index (χ1) is 12.1. The van der Waals surface area contributed by atoms with Crippen molar-refractivity contribution in [1.29, 1.82) is 0 Å². The number of nitrogens with two attached hydrogens (primary N) is 1. The maximum Gasteiger partial charge on any atom is 0.119 e. The van der Waals surface area contributed by atoms with E-state index in [0.29, 0.717) is 12.2 Å². The first-order valence-corrected chi connectivity index (χ1v) is 8.87. The maximum atomic E-state index is 10.2. The van der Waals surface area contributed by atoms with Gasteiger partial charge in [-0.15, -0.1) is 0 Å². The smallest absolute Gasteiger partial charge is 0.119 e. The molecule has 0 bridgehead atoms. The Labute approximate surface area is 153 Å². The number of aliphatic hydroxyl groups excluding tert-OH is 1. The minimum Gasteiger partial charge on any atom is -0.491 e. The number of rotatable bonds is 6. The number of piperazine rings is 1. The Morgan fingerprint density at radius 3 is 2.28 bits per heavy atom. The van der Waals surface area contributed by atoms with Gasteiger partial charge in [-0.2, -0.15) is 0 Å². The summed E-state index contributed by atoms with van der Waals surface area (Å²) in [7, 11) is 0. The van der Waals surface area contributed by atoms with Crippen molar-refractivity contribution >= 4 is 23.0 Å². The van der Waals surface area contributed by atoms with E-state index in [4.69, 9.17) is 22.1 Å². The number of anilines is 2. The summed E-state index contributed by atoms with van der Waals surface area (Å²) in [6, 6.07) is 15.1. The molecule has 5 nitrogen and oxygen atoms in total. The molecule has 1 atom stereocenters. The normalized spacial score (nSPS) is 16.6. The van der Waals surface area contributed by atoms with Crippen LogP contribution in [0.3, 0.4) is 0 Å². The zero-order valence-corrected chi connectivity index (χ0v) is 14.9. The predicted octanol–water partition coefficient (Wildman–Crippen LogP) is 2.48. The second-order valence-electron chi connectivity index (χ2n) is 6.30. The molecule has 25 heavy (non-hydrogen) atoms. The highest BCUT2D eigenvalue weighted by Gasteiger charge is 2.19. The van der Waals surface area contributed by atoms with E-state index >= 15 is 0 Å². The number of nitrogen functional groups attached to an aromatic ring is 1. The van der Waals surface area contributed by atoms with Gasteiger partial charge in [0.2, 0.25) is 0 Å². The lowest BCUT2D eigenvalue weighted by Gasteiger charge is -2.36. The largest absolute Gasteiger partial charge is 0.491 e. The van der Waals surface area contributed by atoms with Crippen LogP contribution in [0.15, 0.2) is 48.5 Å². The molecule has 0 radical (unpaired) electrons. The molecule has 0 aromatic heterocycles. The number of nitrogens with zero attached hydrogens (tertiary/aromatic N) is 2. The molecule has 0 saturated carbocycles. The molecule has 0 unspecified atom stereocenters. The van der Waals surface area contributed by atoms with Crippen LogP contribution in [0.4, 0.5) is 11.4 Å². The number of halogens is 1. The lowest BCUT2D eigenvalue weighted by Crippen LogP contribution is -2.49. The molecule has 1 fully saturated rings. The van der Waals surface area contributed by atoms with Gasteiger partial charge >= 0.3 is 0 Å². The van der Waals surface area contributed by atoms with Crippen molar-refractivity contribution in [1.82, 2.24) is 4.90 Å². The summed E-state index contributed by atoms with van der Waals surface area (Å²) in [6.45, 7) is 4.61. The molecule has 0 amide bonds. The molecule has 3 N–H and O–H groups in total. The van der Waals surface area contributed by atoms with E-state index in [1.54, 1.807) is 12.1 Å². The topological polar surface area (TPSA) is 62.0 Å². The van der Waals surface area contributed by atoms with Crippen molar-refractivity contribution in [2.24, 2.45) is 0 Å². The van der Waals surface area contributed by atoms with Gasteiger partial charge in [-0.05, 0) is 48.5 Å². The third-order valence-electron chi connectivity index (χ3n) is 4.36. The zero-order valence-electron chi connectivity index (χ0n) is 14.1. The average Bonchev–Trinajstić information content (AvgIpc) is 2.63. The molecule has 134 valence electrons. The summed E-state index contributed by atoms with van der Waals surface area (Å²) in [5.74, 6) is 0.723. The fourth-order valence-corrected chi connectivity index (χ4v) is 3.07. The van der Waals surface area contributed by atoms with E-state index in [1.807, 2.05) is 36.4 Å². The minimum absolute atomic E-state index is 0.279. The molecule has 0 spiro atoms. The second kappa shape index (κ2) is 8.43. The monoisotopic (exact) mass is 361 g/mol. The second-order valence-corrected chi connectivity index (χ2v) is 6.73. The highest BCUT2D eigenvalue weighted by molar-refractivity contribution is 6.30. The minimum atomic E-state index is -0.514. The molecule has 2 aromatic rings. The van der Waals surface area contributed by atoms with Gasteiger partial charge in [-0.3, -0.25) is 4.90 Å².